The van der Waals surface area contributed by atoms with Crippen LogP contribution < -0.4 is 5.73 Å². The van der Waals surface area contributed by atoms with Gasteiger partial charge in [0.25, 0.3) is 5.89 Å². The fourth-order valence-corrected chi connectivity index (χ4v) is 3.35. The average Bonchev–Trinajstić information content (AvgIpc) is 3.07. The molecule has 0 radical (unpaired) electrons. The molecule has 2 aromatic heterocycles. The van der Waals surface area contributed by atoms with Crippen LogP contribution in [-0.2, 0) is 6.54 Å². The predicted molar refractivity (Wildman–Crippen MR) is 80.9 cm³/mol. The topological polar surface area (TPSA) is 84.3 Å². The Morgan fingerprint density at radius 2 is 2.14 bits per heavy atom. The molecule has 2 aromatic rings. The monoisotopic (exact) mass is 308 g/mol. The van der Waals surface area contributed by atoms with Crippen molar-refractivity contribution in [3.63, 3.8) is 0 Å². The summed E-state index contributed by atoms with van der Waals surface area (Å²) < 4.78 is 5.45. The Bertz CT molecular complexity index is 624. The minimum atomic E-state index is 0.170. The molecule has 0 bridgehead atoms. The SMILES string of the molecule is Cc1nc(CN)sc1-c1nc(C2CN(C)CCN2C)no1. The first kappa shape index (κ1) is 14.6. The summed E-state index contributed by atoms with van der Waals surface area (Å²) in [5.74, 6) is 1.28. The molecule has 1 atom stereocenters. The Labute approximate surface area is 127 Å². The van der Waals surface area contributed by atoms with Crippen LogP contribution in [0.15, 0.2) is 4.52 Å². The van der Waals surface area contributed by atoms with E-state index in [1.54, 1.807) is 0 Å². The smallest absolute Gasteiger partial charge is 0.269 e. The molecule has 1 unspecified atom stereocenters. The summed E-state index contributed by atoms with van der Waals surface area (Å²) in [6, 6.07) is 0.170. The molecule has 1 fully saturated rings. The lowest BCUT2D eigenvalue weighted by atomic mass is 10.2. The van der Waals surface area contributed by atoms with Gasteiger partial charge in [0, 0.05) is 26.2 Å². The first-order chi connectivity index (χ1) is 10.1. The molecule has 1 aliphatic rings. The largest absolute Gasteiger partial charge is 0.333 e. The van der Waals surface area contributed by atoms with E-state index in [2.05, 4.69) is 39.0 Å². The summed E-state index contributed by atoms with van der Waals surface area (Å²) in [4.78, 5) is 14.4. The van der Waals surface area contributed by atoms with Gasteiger partial charge in [-0.3, -0.25) is 4.90 Å². The van der Waals surface area contributed by atoms with Crippen LogP contribution in [0.4, 0.5) is 0 Å². The normalized spacial score (nSPS) is 21.0. The van der Waals surface area contributed by atoms with E-state index in [9.17, 15) is 0 Å². The Morgan fingerprint density at radius 3 is 2.86 bits per heavy atom. The van der Waals surface area contributed by atoms with Crippen LogP contribution >= 0.6 is 11.3 Å². The predicted octanol–water partition coefficient (Wildman–Crippen LogP) is 0.879. The van der Waals surface area contributed by atoms with E-state index in [-0.39, 0.29) is 6.04 Å². The van der Waals surface area contributed by atoms with Crippen molar-refractivity contribution in [3.05, 3.63) is 16.5 Å². The number of piperazine rings is 1. The standard InChI is InChI=1S/C13H20N6OS/c1-8-11(21-10(6-14)15-8)13-16-12(17-20-13)9-7-18(2)4-5-19(9)3/h9H,4-7,14H2,1-3H3. The minimum Gasteiger partial charge on any atom is -0.333 e. The zero-order chi connectivity index (χ0) is 15.0. The maximum Gasteiger partial charge on any atom is 0.269 e. The molecule has 1 saturated heterocycles. The molecular formula is C13H20N6OS. The highest BCUT2D eigenvalue weighted by molar-refractivity contribution is 7.15. The molecule has 0 amide bonds. The van der Waals surface area contributed by atoms with E-state index in [0.29, 0.717) is 12.4 Å². The van der Waals surface area contributed by atoms with E-state index in [4.69, 9.17) is 10.3 Å². The fourth-order valence-electron chi connectivity index (χ4n) is 2.49. The highest BCUT2D eigenvalue weighted by Gasteiger charge is 2.28. The number of hydrogen-bond acceptors (Lipinski definition) is 8. The lowest BCUT2D eigenvalue weighted by Gasteiger charge is -2.35. The number of aryl methyl sites for hydroxylation is 1. The Balaban J connectivity index is 1.87. The number of hydrogen-bond donors (Lipinski definition) is 1. The first-order valence-corrected chi connectivity index (χ1v) is 7.79. The molecule has 0 aromatic carbocycles. The third-order valence-corrected chi connectivity index (χ3v) is 4.97. The molecule has 2 N–H and O–H groups in total. The molecular weight excluding hydrogens is 288 g/mol. The molecule has 7 nitrogen and oxygen atoms in total. The van der Waals surface area contributed by atoms with Crippen LogP contribution in [0.5, 0.6) is 0 Å². The highest BCUT2D eigenvalue weighted by atomic mass is 32.1. The van der Waals surface area contributed by atoms with Crippen molar-refractivity contribution in [2.24, 2.45) is 5.73 Å². The van der Waals surface area contributed by atoms with Gasteiger partial charge in [-0.25, -0.2) is 4.98 Å². The van der Waals surface area contributed by atoms with Gasteiger partial charge in [0.1, 0.15) is 9.88 Å². The third kappa shape index (κ3) is 2.84. The highest BCUT2D eigenvalue weighted by Crippen LogP contribution is 2.30. The molecule has 0 spiro atoms. The number of likely N-dealkylation sites (N-methyl/N-ethyl adjacent to an activating group) is 2. The lowest BCUT2D eigenvalue weighted by Crippen LogP contribution is -2.45. The van der Waals surface area contributed by atoms with Crippen LogP contribution in [0.3, 0.4) is 0 Å². The third-order valence-electron chi connectivity index (χ3n) is 3.80. The lowest BCUT2D eigenvalue weighted by molar-refractivity contribution is 0.108. The number of nitrogens with zero attached hydrogens (tertiary/aromatic N) is 5. The zero-order valence-corrected chi connectivity index (χ0v) is 13.4. The van der Waals surface area contributed by atoms with Crippen molar-refractivity contribution in [1.82, 2.24) is 24.9 Å². The maximum absolute atomic E-state index is 5.63. The van der Waals surface area contributed by atoms with Crippen LogP contribution in [0, 0.1) is 6.92 Å². The molecule has 0 saturated carbocycles. The summed E-state index contributed by atoms with van der Waals surface area (Å²) in [6.07, 6.45) is 0. The molecule has 3 rings (SSSR count). The summed E-state index contributed by atoms with van der Waals surface area (Å²) in [6.45, 7) is 5.34. The fraction of sp³-hybridized carbons (Fsp3) is 0.615. The maximum atomic E-state index is 5.63. The second kappa shape index (κ2) is 5.80. The Kier molecular flexibility index (Phi) is 4.03. The van der Waals surface area contributed by atoms with E-state index in [1.807, 2.05) is 6.92 Å². The van der Waals surface area contributed by atoms with Crippen molar-refractivity contribution in [1.29, 1.82) is 0 Å². The average molecular weight is 308 g/mol. The van der Waals surface area contributed by atoms with Crippen molar-refractivity contribution in [3.8, 4) is 10.8 Å². The second-order valence-electron chi connectivity index (χ2n) is 5.44. The molecule has 114 valence electrons. The van der Waals surface area contributed by atoms with Crippen molar-refractivity contribution >= 4 is 11.3 Å². The Hall–Kier alpha value is -1.35. The van der Waals surface area contributed by atoms with E-state index in [0.717, 1.165) is 41.0 Å². The number of rotatable bonds is 3. The van der Waals surface area contributed by atoms with Gasteiger partial charge in [0.2, 0.25) is 0 Å². The minimum absolute atomic E-state index is 0.170. The Morgan fingerprint density at radius 1 is 1.33 bits per heavy atom. The van der Waals surface area contributed by atoms with E-state index >= 15 is 0 Å². The molecule has 1 aliphatic heterocycles. The van der Waals surface area contributed by atoms with Gasteiger partial charge in [-0.1, -0.05) is 5.16 Å². The zero-order valence-electron chi connectivity index (χ0n) is 12.5. The van der Waals surface area contributed by atoms with Crippen LogP contribution in [0.25, 0.3) is 10.8 Å². The first-order valence-electron chi connectivity index (χ1n) is 6.97. The van der Waals surface area contributed by atoms with Gasteiger partial charge in [0.05, 0.1) is 11.7 Å². The molecule has 21 heavy (non-hydrogen) atoms. The summed E-state index contributed by atoms with van der Waals surface area (Å²) in [5, 5.41) is 5.06. The van der Waals surface area contributed by atoms with Gasteiger partial charge in [-0.15, -0.1) is 11.3 Å². The summed E-state index contributed by atoms with van der Waals surface area (Å²) in [5.41, 5.74) is 6.53. The number of aromatic nitrogens is 3. The summed E-state index contributed by atoms with van der Waals surface area (Å²) in [7, 11) is 4.21. The molecule has 0 aliphatic carbocycles. The van der Waals surface area contributed by atoms with Gasteiger partial charge < -0.3 is 15.2 Å². The van der Waals surface area contributed by atoms with Crippen LogP contribution in [0.1, 0.15) is 22.6 Å². The number of nitrogens with two attached hydrogens (primary N) is 1. The second-order valence-corrected chi connectivity index (χ2v) is 6.53. The van der Waals surface area contributed by atoms with Crippen molar-refractivity contribution in [2.75, 3.05) is 33.7 Å². The van der Waals surface area contributed by atoms with Gasteiger partial charge >= 0.3 is 0 Å². The molecule has 8 heteroatoms. The van der Waals surface area contributed by atoms with Gasteiger partial charge in [0.15, 0.2) is 5.82 Å². The van der Waals surface area contributed by atoms with Gasteiger partial charge in [-0.05, 0) is 21.0 Å². The quantitative estimate of drug-likeness (QED) is 0.901. The molecule has 3 heterocycles. The van der Waals surface area contributed by atoms with Gasteiger partial charge in [-0.2, -0.15) is 4.98 Å². The van der Waals surface area contributed by atoms with Crippen molar-refractivity contribution < 1.29 is 4.52 Å². The van der Waals surface area contributed by atoms with E-state index < -0.39 is 0 Å². The van der Waals surface area contributed by atoms with E-state index in [1.165, 1.54) is 11.3 Å². The van der Waals surface area contributed by atoms with Crippen molar-refractivity contribution in [2.45, 2.75) is 19.5 Å². The van der Waals surface area contributed by atoms with Crippen LogP contribution in [0.2, 0.25) is 0 Å². The summed E-state index contributed by atoms with van der Waals surface area (Å²) >= 11 is 1.52. The number of thiazole rings is 1. The van der Waals surface area contributed by atoms with Crippen LogP contribution in [-0.4, -0.2) is 58.7 Å².